The molecule has 0 fully saturated rings. The molecule has 1 unspecified atom stereocenters. The molecule has 2 aromatic rings. The van der Waals surface area contributed by atoms with Gasteiger partial charge in [-0.15, -0.1) is 11.3 Å². The molecule has 0 spiro atoms. The van der Waals surface area contributed by atoms with Gasteiger partial charge in [0.05, 0.1) is 0 Å². The zero-order valence-electron chi connectivity index (χ0n) is 11.7. The number of aryl methyl sites for hydroxylation is 1. The van der Waals surface area contributed by atoms with Crippen LogP contribution in [-0.2, 0) is 6.42 Å². The van der Waals surface area contributed by atoms with E-state index in [0.29, 0.717) is 6.04 Å². The quantitative estimate of drug-likeness (QED) is 0.680. The molecule has 0 amide bonds. The smallest absolute Gasteiger partial charge is 0.0456 e. The summed E-state index contributed by atoms with van der Waals surface area (Å²) in [5.74, 6) is 0. The van der Waals surface area contributed by atoms with Gasteiger partial charge in [0.15, 0.2) is 0 Å². The number of halogens is 2. The highest BCUT2D eigenvalue weighted by atomic mass is 79.9. The zero-order valence-corrected chi connectivity index (χ0v) is 14.9. The number of benzene rings is 1. The molecule has 0 radical (unpaired) electrons. The largest absolute Gasteiger partial charge is 0.309 e. The Balaban J connectivity index is 2.18. The molecule has 0 saturated heterocycles. The SMILES string of the molecule is CCCNC(Cc1ccc(C)cc1Cl)c1cc(Br)cs1. The van der Waals surface area contributed by atoms with Gasteiger partial charge in [0.1, 0.15) is 0 Å². The monoisotopic (exact) mass is 371 g/mol. The van der Waals surface area contributed by atoms with Crippen molar-refractivity contribution in [3.05, 3.63) is 55.1 Å². The van der Waals surface area contributed by atoms with Gasteiger partial charge in [-0.1, -0.05) is 30.7 Å². The lowest BCUT2D eigenvalue weighted by molar-refractivity contribution is 0.536. The van der Waals surface area contributed by atoms with E-state index < -0.39 is 0 Å². The molecule has 0 bridgehead atoms. The topological polar surface area (TPSA) is 12.0 Å². The van der Waals surface area contributed by atoms with Crippen LogP contribution in [0.3, 0.4) is 0 Å². The second-order valence-corrected chi connectivity index (χ2v) is 7.24. The molecule has 20 heavy (non-hydrogen) atoms. The van der Waals surface area contributed by atoms with E-state index in [1.54, 1.807) is 11.3 Å². The van der Waals surface area contributed by atoms with Crippen LogP contribution in [0.4, 0.5) is 0 Å². The van der Waals surface area contributed by atoms with Crippen LogP contribution >= 0.6 is 38.9 Å². The molecule has 1 nitrogen and oxygen atoms in total. The van der Waals surface area contributed by atoms with Crippen LogP contribution in [-0.4, -0.2) is 6.54 Å². The Morgan fingerprint density at radius 2 is 2.15 bits per heavy atom. The molecule has 2 rings (SSSR count). The van der Waals surface area contributed by atoms with E-state index >= 15 is 0 Å². The molecule has 108 valence electrons. The van der Waals surface area contributed by atoms with Crippen molar-refractivity contribution in [2.24, 2.45) is 0 Å². The highest BCUT2D eigenvalue weighted by Crippen LogP contribution is 2.30. The predicted octanol–water partition coefficient (Wildman–Crippen LogP) is 5.76. The Kier molecular flexibility index (Phi) is 6.09. The molecule has 1 aromatic carbocycles. The Labute approximate surface area is 138 Å². The Morgan fingerprint density at radius 1 is 1.35 bits per heavy atom. The number of hydrogen-bond donors (Lipinski definition) is 1. The number of thiophene rings is 1. The van der Waals surface area contributed by atoms with Gasteiger partial charge in [-0.3, -0.25) is 0 Å². The summed E-state index contributed by atoms with van der Waals surface area (Å²) in [5.41, 5.74) is 2.41. The van der Waals surface area contributed by atoms with Crippen LogP contribution < -0.4 is 5.32 Å². The van der Waals surface area contributed by atoms with Gasteiger partial charge in [0, 0.05) is 25.8 Å². The third kappa shape index (κ3) is 4.32. The van der Waals surface area contributed by atoms with Gasteiger partial charge in [0.25, 0.3) is 0 Å². The van der Waals surface area contributed by atoms with E-state index in [1.807, 2.05) is 6.07 Å². The minimum absolute atomic E-state index is 0.325. The first-order valence-corrected chi connectivity index (χ1v) is 8.87. The van der Waals surface area contributed by atoms with Crippen molar-refractivity contribution in [1.82, 2.24) is 5.32 Å². The lowest BCUT2D eigenvalue weighted by Gasteiger charge is -2.18. The van der Waals surface area contributed by atoms with Crippen LogP contribution in [0.5, 0.6) is 0 Å². The van der Waals surface area contributed by atoms with Gasteiger partial charge in [0.2, 0.25) is 0 Å². The number of hydrogen-bond acceptors (Lipinski definition) is 2. The summed E-state index contributed by atoms with van der Waals surface area (Å²) in [6, 6.07) is 8.83. The van der Waals surface area contributed by atoms with E-state index in [1.165, 1.54) is 16.0 Å². The summed E-state index contributed by atoms with van der Waals surface area (Å²) in [4.78, 5) is 1.35. The summed E-state index contributed by atoms with van der Waals surface area (Å²) in [6.45, 7) is 5.27. The summed E-state index contributed by atoms with van der Waals surface area (Å²) in [7, 11) is 0. The van der Waals surface area contributed by atoms with Gasteiger partial charge in [-0.05, 0) is 65.5 Å². The second kappa shape index (κ2) is 7.60. The van der Waals surface area contributed by atoms with E-state index in [9.17, 15) is 0 Å². The highest BCUT2D eigenvalue weighted by Gasteiger charge is 2.15. The summed E-state index contributed by atoms with van der Waals surface area (Å²) in [6.07, 6.45) is 2.05. The Hall–Kier alpha value is -0.350. The molecule has 1 aromatic heterocycles. The molecule has 1 atom stereocenters. The van der Waals surface area contributed by atoms with Crippen molar-refractivity contribution >= 4 is 38.9 Å². The predicted molar refractivity (Wildman–Crippen MR) is 92.9 cm³/mol. The summed E-state index contributed by atoms with van der Waals surface area (Å²) in [5, 5.41) is 6.62. The van der Waals surface area contributed by atoms with E-state index in [-0.39, 0.29) is 0 Å². The molecule has 0 aliphatic carbocycles. The van der Waals surface area contributed by atoms with Gasteiger partial charge >= 0.3 is 0 Å². The van der Waals surface area contributed by atoms with Crippen LogP contribution in [0.1, 0.15) is 35.4 Å². The molecular weight excluding hydrogens is 354 g/mol. The molecule has 0 aliphatic heterocycles. The van der Waals surface area contributed by atoms with E-state index in [4.69, 9.17) is 11.6 Å². The molecular formula is C16H19BrClNS. The van der Waals surface area contributed by atoms with Crippen molar-refractivity contribution in [2.75, 3.05) is 6.54 Å². The molecule has 0 aliphatic rings. The molecule has 1 heterocycles. The lowest BCUT2D eigenvalue weighted by Crippen LogP contribution is -2.23. The fourth-order valence-electron chi connectivity index (χ4n) is 2.14. The third-order valence-corrected chi connectivity index (χ3v) is 5.36. The second-order valence-electron chi connectivity index (χ2n) is 4.97. The minimum atomic E-state index is 0.325. The molecule has 4 heteroatoms. The summed E-state index contributed by atoms with van der Waals surface area (Å²) >= 11 is 11.7. The van der Waals surface area contributed by atoms with Crippen LogP contribution in [0.2, 0.25) is 5.02 Å². The van der Waals surface area contributed by atoms with E-state index in [0.717, 1.165) is 28.9 Å². The highest BCUT2D eigenvalue weighted by molar-refractivity contribution is 9.10. The maximum absolute atomic E-state index is 6.37. The minimum Gasteiger partial charge on any atom is -0.309 e. The number of rotatable bonds is 6. The van der Waals surface area contributed by atoms with Crippen molar-refractivity contribution in [1.29, 1.82) is 0 Å². The van der Waals surface area contributed by atoms with Gasteiger partial charge in [-0.2, -0.15) is 0 Å². The van der Waals surface area contributed by atoms with Crippen molar-refractivity contribution in [2.45, 2.75) is 32.7 Å². The fraction of sp³-hybridized carbons (Fsp3) is 0.375. The first kappa shape index (κ1) is 16.0. The first-order chi connectivity index (χ1) is 9.60. The van der Waals surface area contributed by atoms with Gasteiger partial charge in [-0.25, -0.2) is 0 Å². The van der Waals surface area contributed by atoms with Crippen molar-refractivity contribution in [3.63, 3.8) is 0 Å². The Morgan fingerprint density at radius 3 is 2.75 bits per heavy atom. The average molecular weight is 373 g/mol. The average Bonchev–Trinajstić information content (AvgIpc) is 2.83. The standard InChI is InChI=1S/C16H19BrClNS/c1-3-6-19-15(16-9-13(17)10-20-16)8-12-5-4-11(2)7-14(12)18/h4-5,7,9-10,15,19H,3,6,8H2,1-2H3. The van der Waals surface area contributed by atoms with Crippen LogP contribution in [0, 0.1) is 6.92 Å². The molecule has 1 N–H and O–H groups in total. The molecule has 0 saturated carbocycles. The maximum atomic E-state index is 6.37. The summed E-state index contributed by atoms with van der Waals surface area (Å²) < 4.78 is 1.15. The van der Waals surface area contributed by atoms with E-state index in [2.05, 4.69) is 58.7 Å². The normalized spacial score (nSPS) is 12.6. The Bertz CT molecular complexity index is 567. The number of nitrogens with one attached hydrogen (secondary N) is 1. The first-order valence-electron chi connectivity index (χ1n) is 6.82. The van der Waals surface area contributed by atoms with Crippen molar-refractivity contribution in [3.8, 4) is 0 Å². The fourth-order valence-corrected chi connectivity index (χ4v) is 3.97. The third-order valence-electron chi connectivity index (χ3n) is 3.20. The van der Waals surface area contributed by atoms with Crippen LogP contribution in [0.25, 0.3) is 0 Å². The van der Waals surface area contributed by atoms with Gasteiger partial charge < -0.3 is 5.32 Å². The van der Waals surface area contributed by atoms with Crippen molar-refractivity contribution < 1.29 is 0 Å². The van der Waals surface area contributed by atoms with Crippen LogP contribution in [0.15, 0.2) is 34.1 Å². The lowest BCUT2D eigenvalue weighted by atomic mass is 10.0. The maximum Gasteiger partial charge on any atom is 0.0456 e. The zero-order chi connectivity index (χ0) is 14.5.